The molecule has 0 aromatic heterocycles. The third-order valence-electron chi connectivity index (χ3n) is 4.55. The molecular weight excluding hydrogens is 250 g/mol. The minimum atomic E-state index is -0.103. The van der Waals surface area contributed by atoms with E-state index in [-0.39, 0.29) is 16.8 Å². The molecule has 1 heterocycles. The van der Waals surface area contributed by atoms with Crippen molar-refractivity contribution in [2.75, 3.05) is 13.7 Å². The van der Waals surface area contributed by atoms with E-state index >= 15 is 0 Å². The maximum atomic E-state index is 6.28. The largest absolute Gasteiger partial charge is 0.379 e. The quantitative estimate of drug-likeness (QED) is 0.772. The molecule has 1 N–H and O–H groups in total. The lowest BCUT2D eigenvalue weighted by Gasteiger charge is -2.37. The van der Waals surface area contributed by atoms with Gasteiger partial charge in [0.2, 0.25) is 0 Å². The minimum Gasteiger partial charge on any atom is -0.379 e. The fraction of sp³-hybridized carbons (Fsp3) is 1.00. The Morgan fingerprint density at radius 1 is 1.30 bits per heavy atom. The highest BCUT2D eigenvalue weighted by atomic mass is 16.5. The Balaban J connectivity index is 2.87. The van der Waals surface area contributed by atoms with E-state index in [0.717, 1.165) is 25.8 Å². The summed E-state index contributed by atoms with van der Waals surface area (Å²) in [7, 11) is 1.80. The smallest absolute Gasteiger partial charge is 0.0677 e. The van der Waals surface area contributed by atoms with Crippen molar-refractivity contribution in [1.82, 2.24) is 5.32 Å². The van der Waals surface area contributed by atoms with Crippen molar-refractivity contribution < 1.29 is 9.47 Å². The van der Waals surface area contributed by atoms with Crippen molar-refractivity contribution in [2.24, 2.45) is 5.92 Å². The standard InChI is InChI=1S/C17H35NO2/c1-9-10-18-14(12-15(2,3)19-8)13-11-16(4,5)20-17(13,6)7/h13-14,18H,9-12H2,1-8H3. The molecule has 1 aliphatic rings. The number of ether oxygens (including phenoxy) is 2. The number of hydrogen-bond donors (Lipinski definition) is 1. The summed E-state index contributed by atoms with van der Waals surface area (Å²) in [5.74, 6) is 0.512. The zero-order chi connectivity index (χ0) is 15.6. The Morgan fingerprint density at radius 2 is 1.90 bits per heavy atom. The first-order valence-corrected chi connectivity index (χ1v) is 8.02. The molecule has 1 saturated heterocycles. The topological polar surface area (TPSA) is 30.5 Å². The predicted molar refractivity (Wildman–Crippen MR) is 85.1 cm³/mol. The number of rotatable bonds is 7. The first-order valence-electron chi connectivity index (χ1n) is 8.02. The van der Waals surface area contributed by atoms with Gasteiger partial charge in [-0.1, -0.05) is 6.92 Å². The molecule has 1 aliphatic heterocycles. The fourth-order valence-electron chi connectivity index (χ4n) is 3.53. The van der Waals surface area contributed by atoms with Gasteiger partial charge in [-0.3, -0.25) is 0 Å². The van der Waals surface area contributed by atoms with Crippen molar-refractivity contribution >= 4 is 0 Å². The Labute approximate surface area is 125 Å². The second-order valence-corrected chi connectivity index (χ2v) is 8.00. The second kappa shape index (κ2) is 6.33. The van der Waals surface area contributed by atoms with Gasteiger partial charge in [-0.05, 0) is 67.3 Å². The Morgan fingerprint density at radius 3 is 2.30 bits per heavy atom. The number of nitrogens with one attached hydrogen (secondary N) is 1. The van der Waals surface area contributed by atoms with Crippen LogP contribution in [0.4, 0.5) is 0 Å². The fourth-order valence-corrected chi connectivity index (χ4v) is 3.53. The summed E-state index contributed by atoms with van der Waals surface area (Å²) in [6.45, 7) is 16.5. The molecule has 0 aliphatic carbocycles. The van der Waals surface area contributed by atoms with Gasteiger partial charge < -0.3 is 14.8 Å². The van der Waals surface area contributed by atoms with Gasteiger partial charge in [0.25, 0.3) is 0 Å². The molecule has 0 spiro atoms. The zero-order valence-electron chi connectivity index (χ0n) is 14.8. The monoisotopic (exact) mass is 285 g/mol. The molecule has 1 fully saturated rings. The van der Waals surface area contributed by atoms with E-state index in [9.17, 15) is 0 Å². The summed E-state index contributed by atoms with van der Waals surface area (Å²) in [6.07, 6.45) is 3.26. The lowest BCUT2D eigenvalue weighted by atomic mass is 9.78. The molecule has 2 unspecified atom stereocenters. The van der Waals surface area contributed by atoms with Crippen molar-refractivity contribution in [3.8, 4) is 0 Å². The van der Waals surface area contributed by atoms with Crippen LogP contribution >= 0.6 is 0 Å². The highest BCUT2D eigenvalue weighted by Gasteiger charge is 2.49. The summed E-state index contributed by atoms with van der Waals surface area (Å²) in [5.41, 5.74) is -0.218. The minimum absolute atomic E-state index is 0.0302. The van der Waals surface area contributed by atoms with Gasteiger partial charge in [0, 0.05) is 19.1 Å². The van der Waals surface area contributed by atoms with Crippen LogP contribution in [0.2, 0.25) is 0 Å². The van der Waals surface area contributed by atoms with Crippen LogP contribution in [0.5, 0.6) is 0 Å². The first kappa shape index (κ1) is 17.9. The highest BCUT2D eigenvalue weighted by Crippen LogP contribution is 2.45. The highest BCUT2D eigenvalue weighted by molar-refractivity contribution is 5.00. The summed E-state index contributed by atoms with van der Waals surface area (Å²) >= 11 is 0. The van der Waals surface area contributed by atoms with Gasteiger partial charge in [-0.25, -0.2) is 0 Å². The Kier molecular flexibility index (Phi) is 5.67. The molecule has 120 valence electrons. The van der Waals surface area contributed by atoms with Crippen molar-refractivity contribution in [1.29, 1.82) is 0 Å². The van der Waals surface area contributed by atoms with Gasteiger partial charge in [0.05, 0.1) is 16.8 Å². The van der Waals surface area contributed by atoms with Crippen LogP contribution in [0.15, 0.2) is 0 Å². The Hall–Kier alpha value is -0.120. The number of methoxy groups -OCH3 is 1. The summed E-state index contributed by atoms with van der Waals surface area (Å²) in [4.78, 5) is 0. The molecule has 0 aromatic carbocycles. The summed E-state index contributed by atoms with van der Waals surface area (Å²) in [5, 5.41) is 3.74. The average molecular weight is 285 g/mol. The molecular formula is C17H35NO2. The second-order valence-electron chi connectivity index (χ2n) is 8.00. The van der Waals surface area contributed by atoms with E-state index in [1.807, 2.05) is 0 Å². The van der Waals surface area contributed by atoms with E-state index in [0.29, 0.717) is 12.0 Å². The maximum Gasteiger partial charge on any atom is 0.0677 e. The Bertz CT molecular complexity index is 310. The molecule has 2 atom stereocenters. The molecule has 0 aromatic rings. The van der Waals surface area contributed by atoms with E-state index < -0.39 is 0 Å². The summed E-state index contributed by atoms with van der Waals surface area (Å²) in [6, 6.07) is 0.432. The van der Waals surface area contributed by atoms with Gasteiger partial charge in [-0.2, -0.15) is 0 Å². The predicted octanol–water partition coefficient (Wildman–Crippen LogP) is 3.76. The zero-order valence-corrected chi connectivity index (χ0v) is 14.8. The maximum absolute atomic E-state index is 6.28. The molecule has 3 nitrogen and oxygen atoms in total. The average Bonchev–Trinajstić information content (AvgIpc) is 2.52. The van der Waals surface area contributed by atoms with Gasteiger partial charge in [0.1, 0.15) is 0 Å². The van der Waals surface area contributed by atoms with Crippen LogP contribution in [0.1, 0.15) is 67.7 Å². The molecule has 0 radical (unpaired) electrons. The molecule has 0 amide bonds. The third-order valence-corrected chi connectivity index (χ3v) is 4.55. The third kappa shape index (κ3) is 4.71. The van der Waals surface area contributed by atoms with E-state index in [2.05, 4.69) is 53.8 Å². The van der Waals surface area contributed by atoms with Gasteiger partial charge >= 0.3 is 0 Å². The SMILES string of the molecule is CCCNC(CC(C)(C)OC)C1CC(C)(C)OC1(C)C. The molecule has 0 saturated carbocycles. The van der Waals surface area contributed by atoms with Crippen LogP contribution in [0, 0.1) is 5.92 Å². The van der Waals surface area contributed by atoms with E-state index in [4.69, 9.17) is 9.47 Å². The van der Waals surface area contributed by atoms with Crippen molar-refractivity contribution in [3.05, 3.63) is 0 Å². The first-order chi connectivity index (χ1) is 9.03. The molecule has 3 heteroatoms. The number of hydrogen-bond acceptors (Lipinski definition) is 3. The van der Waals surface area contributed by atoms with Crippen LogP contribution in [0.25, 0.3) is 0 Å². The van der Waals surface area contributed by atoms with E-state index in [1.165, 1.54) is 0 Å². The van der Waals surface area contributed by atoms with Crippen LogP contribution in [0.3, 0.4) is 0 Å². The lowest BCUT2D eigenvalue weighted by Crippen LogP contribution is -2.48. The molecule has 1 rings (SSSR count). The van der Waals surface area contributed by atoms with Gasteiger partial charge in [0.15, 0.2) is 0 Å². The van der Waals surface area contributed by atoms with Crippen LogP contribution in [-0.4, -0.2) is 36.5 Å². The van der Waals surface area contributed by atoms with Gasteiger partial charge in [-0.15, -0.1) is 0 Å². The normalized spacial score (nSPS) is 26.7. The van der Waals surface area contributed by atoms with Crippen molar-refractivity contribution in [3.63, 3.8) is 0 Å². The molecule has 0 bridgehead atoms. The van der Waals surface area contributed by atoms with Crippen LogP contribution < -0.4 is 5.32 Å². The van der Waals surface area contributed by atoms with Crippen molar-refractivity contribution in [2.45, 2.75) is 90.6 Å². The lowest BCUT2D eigenvalue weighted by molar-refractivity contribution is -0.0813. The molecule has 20 heavy (non-hydrogen) atoms. The van der Waals surface area contributed by atoms with Crippen LogP contribution in [-0.2, 0) is 9.47 Å². The summed E-state index contributed by atoms with van der Waals surface area (Å²) < 4.78 is 11.9. The van der Waals surface area contributed by atoms with E-state index in [1.54, 1.807) is 7.11 Å².